The lowest BCUT2D eigenvalue weighted by molar-refractivity contribution is -0.137. The number of nitrogens with zero attached hydrogens (tertiary/aromatic N) is 2. The molecule has 0 atom stereocenters. The molecule has 0 radical (unpaired) electrons. The Morgan fingerprint density at radius 2 is 1.68 bits per heavy atom. The number of benzene rings is 1. The van der Waals surface area contributed by atoms with Crippen LogP contribution in [0.2, 0.25) is 5.02 Å². The molecule has 10 heteroatoms. The van der Waals surface area contributed by atoms with Crippen LogP contribution in [0.15, 0.2) is 36.4 Å². The van der Waals surface area contributed by atoms with Crippen molar-refractivity contribution in [2.24, 2.45) is 0 Å². The van der Waals surface area contributed by atoms with E-state index in [0.29, 0.717) is 5.82 Å². The predicted molar refractivity (Wildman–Crippen MR) is 100 cm³/mol. The van der Waals surface area contributed by atoms with Crippen LogP contribution in [0.25, 0.3) is 0 Å². The first-order valence-corrected chi connectivity index (χ1v) is 8.51. The van der Waals surface area contributed by atoms with Gasteiger partial charge in [0, 0.05) is 5.69 Å². The van der Waals surface area contributed by atoms with Gasteiger partial charge in [-0.1, -0.05) is 23.7 Å². The van der Waals surface area contributed by atoms with Gasteiger partial charge in [0.25, 0.3) is 0 Å². The van der Waals surface area contributed by atoms with Gasteiger partial charge in [-0.2, -0.15) is 13.2 Å². The maximum Gasteiger partial charge on any atom is 0.418 e. The molecule has 0 aliphatic heterocycles. The highest BCUT2D eigenvalue weighted by molar-refractivity contribution is 6.34. The van der Waals surface area contributed by atoms with E-state index >= 15 is 0 Å². The van der Waals surface area contributed by atoms with E-state index in [1.54, 1.807) is 25.1 Å². The highest BCUT2D eigenvalue weighted by atomic mass is 35.5. The van der Waals surface area contributed by atoms with Crippen LogP contribution in [0.1, 0.15) is 11.3 Å². The zero-order chi connectivity index (χ0) is 20.9. The number of para-hydroxylation sites is 1. The Labute approximate surface area is 164 Å². The van der Waals surface area contributed by atoms with Crippen molar-refractivity contribution in [1.82, 2.24) is 9.88 Å². The molecular formula is C18H18ClF3N4O2. The molecule has 6 nitrogen and oxygen atoms in total. The van der Waals surface area contributed by atoms with E-state index in [1.165, 1.54) is 18.0 Å². The monoisotopic (exact) mass is 414 g/mol. The first-order valence-electron chi connectivity index (χ1n) is 8.14. The lowest BCUT2D eigenvalue weighted by atomic mass is 10.1. The van der Waals surface area contributed by atoms with Crippen LogP contribution in [0.5, 0.6) is 0 Å². The lowest BCUT2D eigenvalue weighted by Crippen LogP contribution is -2.36. The van der Waals surface area contributed by atoms with E-state index in [4.69, 9.17) is 11.6 Å². The average molecular weight is 415 g/mol. The van der Waals surface area contributed by atoms with Crippen molar-refractivity contribution in [2.45, 2.75) is 13.1 Å². The van der Waals surface area contributed by atoms with Gasteiger partial charge in [-0.25, -0.2) is 4.98 Å². The molecule has 2 aromatic rings. The number of pyridine rings is 1. The van der Waals surface area contributed by atoms with Crippen molar-refractivity contribution in [3.05, 3.63) is 52.7 Å². The largest absolute Gasteiger partial charge is 0.418 e. The number of nitrogens with one attached hydrogen (secondary N) is 2. The number of hydrogen-bond acceptors (Lipinski definition) is 4. The molecule has 1 aromatic heterocycles. The third-order valence-electron chi connectivity index (χ3n) is 3.57. The van der Waals surface area contributed by atoms with Crippen LogP contribution < -0.4 is 10.6 Å². The summed E-state index contributed by atoms with van der Waals surface area (Å²) >= 11 is 5.80. The van der Waals surface area contributed by atoms with Gasteiger partial charge < -0.3 is 10.6 Å². The molecule has 0 spiro atoms. The number of hydrogen-bond donors (Lipinski definition) is 2. The SMILES string of the molecule is Cc1cccc(NC(=O)CN(C)CC(=O)Nc2c(Cl)cccc2C(F)(F)F)n1. The lowest BCUT2D eigenvalue weighted by Gasteiger charge is -2.18. The van der Waals surface area contributed by atoms with E-state index in [1.807, 2.05) is 0 Å². The van der Waals surface area contributed by atoms with Crippen LogP contribution >= 0.6 is 11.6 Å². The van der Waals surface area contributed by atoms with Gasteiger partial charge in [-0.05, 0) is 38.2 Å². The maximum absolute atomic E-state index is 13.1. The van der Waals surface area contributed by atoms with Crippen molar-refractivity contribution in [2.75, 3.05) is 30.8 Å². The number of likely N-dealkylation sites (N-methyl/N-ethyl adjacent to an activating group) is 1. The van der Waals surface area contributed by atoms with Gasteiger partial charge in [-0.15, -0.1) is 0 Å². The molecule has 2 N–H and O–H groups in total. The first kappa shape index (κ1) is 21.6. The highest BCUT2D eigenvalue weighted by Gasteiger charge is 2.34. The Morgan fingerprint density at radius 3 is 2.29 bits per heavy atom. The molecular weight excluding hydrogens is 397 g/mol. The molecule has 2 amide bonds. The highest BCUT2D eigenvalue weighted by Crippen LogP contribution is 2.38. The minimum absolute atomic E-state index is 0.155. The van der Waals surface area contributed by atoms with Crippen LogP contribution in [0.3, 0.4) is 0 Å². The molecule has 0 saturated heterocycles. The minimum atomic E-state index is -4.67. The predicted octanol–water partition coefficient (Wildman–Crippen LogP) is 3.57. The smallest absolute Gasteiger partial charge is 0.323 e. The molecule has 1 aromatic carbocycles. The fourth-order valence-electron chi connectivity index (χ4n) is 2.41. The fourth-order valence-corrected chi connectivity index (χ4v) is 2.63. The van der Waals surface area contributed by atoms with Crippen LogP contribution in [-0.2, 0) is 15.8 Å². The summed E-state index contributed by atoms with van der Waals surface area (Å²) in [5, 5.41) is 4.52. The second-order valence-electron chi connectivity index (χ2n) is 6.09. The van der Waals surface area contributed by atoms with Gasteiger partial charge in [0.05, 0.1) is 29.4 Å². The van der Waals surface area contributed by atoms with E-state index in [9.17, 15) is 22.8 Å². The molecule has 0 saturated carbocycles. The summed E-state index contributed by atoms with van der Waals surface area (Å²) in [6.07, 6.45) is -4.67. The summed E-state index contributed by atoms with van der Waals surface area (Å²) in [6.45, 7) is 1.31. The van der Waals surface area contributed by atoms with Crippen molar-refractivity contribution in [1.29, 1.82) is 0 Å². The molecule has 150 valence electrons. The third-order valence-corrected chi connectivity index (χ3v) is 3.88. The minimum Gasteiger partial charge on any atom is -0.323 e. The summed E-state index contributed by atoms with van der Waals surface area (Å²) in [4.78, 5) is 29.6. The van der Waals surface area contributed by atoms with Gasteiger partial charge in [-0.3, -0.25) is 14.5 Å². The second kappa shape index (κ2) is 9.03. The standard InChI is InChI=1S/C18H18ClF3N4O2/c1-11-5-3-8-14(23-11)24-15(27)9-26(2)10-16(28)25-17-12(18(20,21)22)6-4-7-13(17)19/h3-8H,9-10H2,1-2H3,(H,25,28)(H,23,24,27). The summed E-state index contributed by atoms with van der Waals surface area (Å²) in [5.41, 5.74) is -0.825. The van der Waals surface area contributed by atoms with Crippen molar-refractivity contribution >= 4 is 34.9 Å². The number of amides is 2. The Balaban J connectivity index is 1.95. The number of halogens is 4. The van der Waals surface area contributed by atoms with Crippen LogP contribution in [0.4, 0.5) is 24.7 Å². The first-order chi connectivity index (χ1) is 13.1. The number of aromatic nitrogens is 1. The van der Waals surface area contributed by atoms with E-state index < -0.39 is 29.2 Å². The number of alkyl halides is 3. The van der Waals surface area contributed by atoms with Crippen molar-refractivity contribution in [3.8, 4) is 0 Å². The number of rotatable bonds is 6. The van der Waals surface area contributed by atoms with E-state index in [0.717, 1.165) is 17.8 Å². The Hall–Kier alpha value is -2.65. The number of carbonyl (C=O) groups excluding carboxylic acids is 2. The molecule has 0 bridgehead atoms. The third kappa shape index (κ3) is 6.21. The number of carbonyl (C=O) groups is 2. The van der Waals surface area contributed by atoms with Crippen molar-refractivity contribution in [3.63, 3.8) is 0 Å². The molecule has 2 rings (SSSR count). The molecule has 28 heavy (non-hydrogen) atoms. The molecule has 0 unspecified atom stereocenters. The second-order valence-corrected chi connectivity index (χ2v) is 6.50. The van der Waals surface area contributed by atoms with Crippen LogP contribution in [-0.4, -0.2) is 41.8 Å². The van der Waals surface area contributed by atoms with E-state index in [2.05, 4.69) is 15.6 Å². The summed E-state index contributed by atoms with van der Waals surface area (Å²) in [7, 11) is 1.49. The van der Waals surface area contributed by atoms with Crippen molar-refractivity contribution < 1.29 is 22.8 Å². The van der Waals surface area contributed by atoms with Crippen LogP contribution in [0, 0.1) is 6.92 Å². The van der Waals surface area contributed by atoms with Gasteiger partial charge in [0.2, 0.25) is 11.8 Å². The zero-order valence-corrected chi connectivity index (χ0v) is 15.9. The maximum atomic E-state index is 13.1. The topological polar surface area (TPSA) is 74.3 Å². The average Bonchev–Trinajstić information content (AvgIpc) is 2.55. The molecule has 0 aliphatic rings. The Kier molecular flexibility index (Phi) is 6.98. The van der Waals surface area contributed by atoms with Gasteiger partial charge in [0.15, 0.2) is 0 Å². The molecule has 0 fully saturated rings. The summed E-state index contributed by atoms with van der Waals surface area (Å²) in [5.74, 6) is -0.779. The number of anilines is 2. The zero-order valence-electron chi connectivity index (χ0n) is 15.1. The molecule has 0 aliphatic carbocycles. The van der Waals surface area contributed by atoms with Gasteiger partial charge >= 0.3 is 6.18 Å². The Bertz CT molecular complexity index is 874. The van der Waals surface area contributed by atoms with E-state index in [-0.39, 0.29) is 18.1 Å². The van der Waals surface area contributed by atoms with Gasteiger partial charge in [0.1, 0.15) is 5.82 Å². The molecule has 1 heterocycles. The Morgan fingerprint density at radius 1 is 1.07 bits per heavy atom. The fraction of sp³-hybridized carbons (Fsp3) is 0.278. The summed E-state index contributed by atoms with van der Waals surface area (Å²) < 4.78 is 39.2. The number of aryl methyl sites for hydroxylation is 1. The quantitative estimate of drug-likeness (QED) is 0.757. The summed E-state index contributed by atoms with van der Waals surface area (Å²) in [6, 6.07) is 8.35. The normalized spacial score (nSPS) is 11.4.